The molecule has 0 aliphatic rings. The summed E-state index contributed by atoms with van der Waals surface area (Å²) in [7, 11) is 1.58. The molecule has 134 valence electrons. The van der Waals surface area contributed by atoms with E-state index in [1.54, 1.807) is 37.7 Å². The number of aromatic nitrogens is 3. The lowest BCUT2D eigenvalue weighted by Gasteiger charge is -2.12. The molecule has 6 heteroatoms. The molecule has 4 rings (SSSR count). The molecule has 0 aliphatic carbocycles. The van der Waals surface area contributed by atoms with Gasteiger partial charge in [-0.15, -0.1) is 0 Å². The highest BCUT2D eigenvalue weighted by Gasteiger charge is 2.13. The molecule has 0 unspecified atom stereocenters. The normalized spacial score (nSPS) is 10.7. The van der Waals surface area contributed by atoms with Gasteiger partial charge in [-0.2, -0.15) is 0 Å². The van der Waals surface area contributed by atoms with E-state index in [4.69, 9.17) is 4.74 Å². The first kappa shape index (κ1) is 16.8. The quantitative estimate of drug-likeness (QED) is 0.561. The molecule has 6 nitrogen and oxygen atoms in total. The van der Waals surface area contributed by atoms with Crippen molar-refractivity contribution >= 4 is 16.7 Å². The molecule has 0 radical (unpaired) electrons. The zero-order valence-electron chi connectivity index (χ0n) is 14.8. The van der Waals surface area contributed by atoms with Crippen molar-refractivity contribution in [2.75, 3.05) is 12.4 Å². The van der Waals surface area contributed by atoms with E-state index >= 15 is 0 Å². The number of methoxy groups -OCH3 is 1. The van der Waals surface area contributed by atoms with Crippen molar-refractivity contribution in [3.63, 3.8) is 0 Å². The van der Waals surface area contributed by atoms with E-state index in [2.05, 4.69) is 20.3 Å². The molecule has 2 aromatic heterocycles. The molecular formula is C21H18N4O2. The Kier molecular flexibility index (Phi) is 4.53. The second-order valence-corrected chi connectivity index (χ2v) is 6.01. The number of ether oxygens (including phenoxy) is 1. The van der Waals surface area contributed by atoms with E-state index in [0.717, 1.165) is 16.5 Å². The Bertz CT molecular complexity index is 1080. The van der Waals surface area contributed by atoms with Crippen LogP contribution in [-0.2, 0) is 6.54 Å². The molecule has 0 spiro atoms. The predicted octanol–water partition coefficient (Wildman–Crippen LogP) is 4.02. The average Bonchev–Trinajstić information content (AvgIpc) is 2.73. The van der Waals surface area contributed by atoms with Crippen LogP contribution in [0.4, 0.5) is 5.82 Å². The number of rotatable bonds is 5. The van der Waals surface area contributed by atoms with Crippen LogP contribution in [0.1, 0.15) is 5.56 Å². The first-order chi connectivity index (χ1) is 13.2. The highest BCUT2D eigenvalue weighted by molar-refractivity contribution is 5.91. The van der Waals surface area contributed by atoms with Crippen molar-refractivity contribution in [1.29, 1.82) is 0 Å². The minimum atomic E-state index is 0.103. The minimum absolute atomic E-state index is 0.103. The highest BCUT2D eigenvalue weighted by atomic mass is 16.5. The zero-order chi connectivity index (χ0) is 18.6. The number of fused-ring (bicyclic) bond motifs is 1. The number of hydrogen-bond acceptors (Lipinski definition) is 6. The first-order valence-corrected chi connectivity index (χ1v) is 8.51. The summed E-state index contributed by atoms with van der Waals surface area (Å²) >= 11 is 0. The van der Waals surface area contributed by atoms with Gasteiger partial charge < -0.3 is 15.2 Å². The fourth-order valence-electron chi connectivity index (χ4n) is 2.84. The Morgan fingerprint density at radius 3 is 2.63 bits per heavy atom. The van der Waals surface area contributed by atoms with Crippen LogP contribution in [0.15, 0.2) is 67.0 Å². The van der Waals surface area contributed by atoms with Gasteiger partial charge in [-0.05, 0) is 48.0 Å². The van der Waals surface area contributed by atoms with Gasteiger partial charge in [-0.1, -0.05) is 12.1 Å². The molecule has 0 amide bonds. The highest BCUT2D eigenvalue weighted by Crippen LogP contribution is 2.33. The molecule has 0 saturated carbocycles. The maximum atomic E-state index is 10.3. The van der Waals surface area contributed by atoms with Gasteiger partial charge >= 0.3 is 0 Å². The molecular weight excluding hydrogens is 340 g/mol. The number of nitrogens with one attached hydrogen (secondary N) is 1. The standard InChI is InChI=1S/C21H18N4O2/c1-27-15-6-7-19(26)17(12-15)21-24-18-5-3-2-4-16(18)20(25-21)23-13-14-8-10-22-11-9-14/h2-12,26H,13H2,1H3,(H,23,24,25). The van der Waals surface area contributed by atoms with E-state index in [-0.39, 0.29) is 5.75 Å². The van der Waals surface area contributed by atoms with Crippen LogP contribution >= 0.6 is 0 Å². The Morgan fingerprint density at radius 2 is 1.81 bits per heavy atom. The summed E-state index contributed by atoms with van der Waals surface area (Å²) in [5.41, 5.74) is 2.41. The van der Waals surface area contributed by atoms with Crippen molar-refractivity contribution in [2.24, 2.45) is 0 Å². The van der Waals surface area contributed by atoms with Crippen LogP contribution in [0, 0.1) is 0 Å². The van der Waals surface area contributed by atoms with Gasteiger partial charge in [0.15, 0.2) is 5.82 Å². The lowest BCUT2D eigenvalue weighted by Crippen LogP contribution is -2.04. The molecule has 0 bridgehead atoms. The molecule has 2 heterocycles. The summed E-state index contributed by atoms with van der Waals surface area (Å²) < 4.78 is 5.27. The van der Waals surface area contributed by atoms with Crippen molar-refractivity contribution < 1.29 is 9.84 Å². The van der Waals surface area contributed by atoms with E-state index in [0.29, 0.717) is 29.5 Å². The van der Waals surface area contributed by atoms with Crippen LogP contribution in [0.2, 0.25) is 0 Å². The Balaban J connectivity index is 1.79. The van der Waals surface area contributed by atoms with Crippen LogP contribution in [0.3, 0.4) is 0 Å². The second-order valence-electron chi connectivity index (χ2n) is 6.01. The zero-order valence-corrected chi connectivity index (χ0v) is 14.8. The van der Waals surface area contributed by atoms with Gasteiger partial charge in [0.1, 0.15) is 17.3 Å². The molecule has 0 saturated heterocycles. The number of anilines is 1. The fraction of sp³-hybridized carbons (Fsp3) is 0.0952. The topological polar surface area (TPSA) is 80.2 Å². The predicted molar refractivity (Wildman–Crippen MR) is 105 cm³/mol. The van der Waals surface area contributed by atoms with E-state index < -0.39 is 0 Å². The molecule has 27 heavy (non-hydrogen) atoms. The van der Waals surface area contributed by atoms with Gasteiger partial charge in [0.2, 0.25) is 0 Å². The lowest BCUT2D eigenvalue weighted by molar-refractivity contribution is 0.412. The van der Waals surface area contributed by atoms with Gasteiger partial charge in [0, 0.05) is 24.3 Å². The third-order valence-corrected chi connectivity index (χ3v) is 4.26. The smallest absolute Gasteiger partial charge is 0.166 e. The summed E-state index contributed by atoms with van der Waals surface area (Å²) in [5, 5.41) is 14.6. The van der Waals surface area contributed by atoms with Crippen molar-refractivity contribution in [1.82, 2.24) is 15.0 Å². The summed E-state index contributed by atoms with van der Waals surface area (Å²) in [5.74, 6) is 1.87. The number of phenolic OH excluding ortho intramolecular Hbond substituents is 1. The summed E-state index contributed by atoms with van der Waals surface area (Å²) in [6, 6.07) is 16.7. The van der Waals surface area contributed by atoms with Gasteiger partial charge in [-0.25, -0.2) is 9.97 Å². The van der Waals surface area contributed by atoms with E-state index in [1.807, 2.05) is 36.4 Å². The van der Waals surface area contributed by atoms with E-state index in [9.17, 15) is 5.11 Å². The van der Waals surface area contributed by atoms with Gasteiger partial charge in [-0.3, -0.25) is 4.98 Å². The largest absolute Gasteiger partial charge is 0.507 e. The maximum absolute atomic E-state index is 10.3. The Morgan fingerprint density at radius 1 is 1.00 bits per heavy atom. The Hall–Kier alpha value is -3.67. The summed E-state index contributed by atoms with van der Waals surface area (Å²) in [4.78, 5) is 13.3. The molecule has 4 aromatic rings. The van der Waals surface area contributed by atoms with Crippen LogP contribution in [0.25, 0.3) is 22.3 Å². The minimum Gasteiger partial charge on any atom is -0.507 e. The number of aromatic hydroxyl groups is 1. The molecule has 2 N–H and O–H groups in total. The number of phenols is 1. The van der Waals surface area contributed by atoms with Gasteiger partial charge in [0.25, 0.3) is 0 Å². The molecule has 2 aromatic carbocycles. The third kappa shape index (κ3) is 3.50. The van der Waals surface area contributed by atoms with Crippen LogP contribution in [-0.4, -0.2) is 27.2 Å². The third-order valence-electron chi connectivity index (χ3n) is 4.26. The number of pyridine rings is 1. The second kappa shape index (κ2) is 7.29. The monoisotopic (exact) mass is 358 g/mol. The fourth-order valence-corrected chi connectivity index (χ4v) is 2.84. The van der Waals surface area contributed by atoms with Crippen molar-refractivity contribution in [2.45, 2.75) is 6.54 Å². The van der Waals surface area contributed by atoms with Crippen molar-refractivity contribution in [3.05, 3.63) is 72.6 Å². The first-order valence-electron chi connectivity index (χ1n) is 8.51. The summed E-state index contributed by atoms with van der Waals surface area (Å²) in [6.45, 7) is 0.604. The Labute approximate surface area is 156 Å². The van der Waals surface area contributed by atoms with Crippen molar-refractivity contribution in [3.8, 4) is 22.9 Å². The van der Waals surface area contributed by atoms with Crippen LogP contribution < -0.4 is 10.1 Å². The summed E-state index contributed by atoms with van der Waals surface area (Å²) in [6.07, 6.45) is 3.52. The number of para-hydroxylation sites is 1. The SMILES string of the molecule is COc1ccc(O)c(-c2nc(NCc3ccncc3)c3ccccc3n2)c1. The van der Waals surface area contributed by atoms with E-state index in [1.165, 1.54) is 0 Å². The van der Waals surface area contributed by atoms with Gasteiger partial charge in [0.05, 0.1) is 18.2 Å². The van der Waals surface area contributed by atoms with Crippen LogP contribution in [0.5, 0.6) is 11.5 Å². The lowest BCUT2D eigenvalue weighted by atomic mass is 10.1. The number of hydrogen-bond donors (Lipinski definition) is 2. The molecule has 0 fully saturated rings. The average molecular weight is 358 g/mol. The maximum Gasteiger partial charge on any atom is 0.166 e. The molecule has 0 atom stereocenters. The molecule has 0 aliphatic heterocycles. The number of nitrogens with zero attached hydrogens (tertiary/aromatic N) is 3. The number of benzene rings is 2.